The second-order valence-corrected chi connectivity index (χ2v) is 7.01. The second kappa shape index (κ2) is 5.54. The summed E-state index contributed by atoms with van der Waals surface area (Å²) in [6.45, 7) is 0.991. The van der Waals surface area contributed by atoms with E-state index < -0.39 is 16.0 Å². The number of esters is 1. The molecule has 2 fully saturated rings. The largest absolute Gasteiger partial charge is 0.469 e. The van der Waals surface area contributed by atoms with Crippen molar-refractivity contribution < 1.29 is 17.9 Å². The molecule has 0 aromatic rings. The highest BCUT2D eigenvalue weighted by Gasteiger charge is 2.35. The highest BCUT2D eigenvalue weighted by atomic mass is 32.2. The normalized spacial score (nSPS) is 31.3. The molecule has 6 nitrogen and oxygen atoms in total. The van der Waals surface area contributed by atoms with E-state index in [-0.39, 0.29) is 18.2 Å². The van der Waals surface area contributed by atoms with E-state index in [2.05, 4.69) is 14.8 Å². The Bertz CT molecular complexity index is 397. The Hall–Kier alpha value is -0.660. The summed E-state index contributed by atoms with van der Waals surface area (Å²) in [6.07, 6.45) is 2.79. The van der Waals surface area contributed by atoms with Crippen LogP contribution in [0.2, 0.25) is 0 Å². The van der Waals surface area contributed by atoms with Crippen LogP contribution < -0.4 is 10.0 Å². The van der Waals surface area contributed by atoms with Gasteiger partial charge >= 0.3 is 5.97 Å². The summed E-state index contributed by atoms with van der Waals surface area (Å²) >= 11 is 0. The summed E-state index contributed by atoms with van der Waals surface area (Å²) in [6, 6.07) is 0.448. The lowest BCUT2D eigenvalue weighted by Crippen LogP contribution is -2.42. The molecule has 1 saturated carbocycles. The number of methoxy groups -OCH3 is 1. The molecule has 0 spiro atoms. The molecule has 7 heteroatoms. The number of carbonyl (C=O) groups excluding carboxylic acids is 1. The molecule has 18 heavy (non-hydrogen) atoms. The van der Waals surface area contributed by atoms with E-state index in [0.29, 0.717) is 12.0 Å². The van der Waals surface area contributed by atoms with E-state index in [9.17, 15) is 13.2 Å². The molecule has 1 saturated heterocycles. The highest BCUT2D eigenvalue weighted by molar-refractivity contribution is 7.89. The minimum Gasteiger partial charge on any atom is -0.469 e. The zero-order valence-corrected chi connectivity index (χ0v) is 11.3. The third kappa shape index (κ3) is 3.66. The van der Waals surface area contributed by atoms with Crippen LogP contribution in [0, 0.1) is 5.92 Å². The average Bonchev–Trinajstić information content (AvgIpc) is 2.65. The highest BCUT2D eigenvalue weighted by Crippen LogP contribution is 2.29. The van der Waals surface area contributed by atoms with Crippen LogP contribution in [0.4, 0.5) is 0 Å². The number of rotatable bonds is 5. The number of ether oxygens (including phenoxy) is 1. The fourth-order valence-corrected chi connectivity index (χ4v) is 4.09. The van der Waals surface area contributed by atoms with Gasteiger partial charge in [0.05, 0.1) is 19.3 Å². The molecule has 104 valence electrons. The standard InChI is InChI=1S/C11H20N2O4S/c1-17-11(14)2-3-18(15,16)13-10-5-8-4-9(6-10)12-7-8/h8-10,12-13H,2-7H2,1H3. The van der Waals surface area contributed by atoms with Crippen LogP contribution in [0.5, 0.6) is 0 Å². The predicted molar refractivity (Wildman–Crippen MR) is 66.5 cm³/mol. The number of carbonyl (C=O) groups is 1. The van der Waals surface area contributed by atoms with Crippen LogP contribution in [-0.4, -0.2) is 45.9 Å². The molecular formula is C11H20N2O4S. The van der Waals surface area contributed by atoms with Gasteiger partial charge in [-0.1, -0.05) is 0 Å². The van der Waals surface area contributed by atoms with Gasteiger partial charge in [0.25, 0.3) is 0 Å². The number of sulfonamides is 1. The average molecular weight is 276 g/mol. The van der Waals surface area contributed by atoms with E-state index in [0.717, 1.165) is 25.8 Å². The molecule has 0 aromatic carbocycles. The van der Waals surface area contributed by atoms with Crippen LogP contribution >= 0.6 is 0 Å². The smallest absolute Gasteiger partial charge is 0.306 e. The fraction of sp³-hybridized carbons (Fsp3) is 0.909. The van der Waals surface area contributed by atoms with Crippen molar-refractivity contribution in [2.24, 2.45) is 5.92 Å². The van der Waals surface area contributed by atoms with Crippen molar-refractivity contribution in [3.63, 3.8) is 0 Å². The summed E-state index contributed by atoms with van der Waals surface area (Å²) in [4.78, 5) is 10.9. The van der Waals surface area contributed by atoms with Crippen LogP contribution in [0.1, 0.15) is 25.7 Å². The van der Waals surface area contributed by atoms with E-state index in [1.165, 1.54) is 7.11 Å². The Morgan fingerprint density at radius 2 is 2.17 bits per heavy atom. The maximum absolute atomic E-state index is 11.8. The first-order chi connectivity index (χ1) is 8.48. The molecule has 1 heterocycles. The Morgan fingerprint density at radius 1 is 1.39 bits per heavy atom. The number of fused-ring (bicyclic) bond motifs is 2. The molecule has 2 aliphatic rings. The Morgan fingerprint density at radius 3 is 2.83 bits per heavy atom. The predicted octanol–water partition coefficient (Wildman–Crippen LogP) is -0.391. The Balaban J connectivity index is 1.82. The maximum Gasteiger partial charge on any atom is 0.306 e. The summed E-state index contributed by atoms with van der Waals surface area (Å²) in [5.74, 6) is -0.110. The van der Waals surface area contributed by atoms with Gasteiger partial charge in [0.2, 0.25) is 10.0 Å². The minimum atomic E-state index is -3.38. The monoisotopic (exact) mass is 276 g/mol. The first-order valence-corrected chi connectivity index (χ1v) is 7.94. The molecule has 3 atom stereocenters. The van der Waals surface area contributed by atoms with E-state index in [4.69, 9.17) is 0 Å². The first kappa shape index (κ1) is 13.8. The molecule has 0 aromatic heterocycles. The zero-order valence-electron chi connectivity index (χ0n) is 10.5. The molecule has 1 aliphatic carbocycles. The van der Waals surface area contributed by atoms with Crippen LogP contribution in [0.25, 0.3) is 0 Å². The number of hydrogen-bond donors (Lipinski definition) is 2. The molecular weight excluding hydrogens is 256 g/mol. The topological polar surface area (TPSA) is 84.5 Å². The van der Waals surface area contributed by atoms with Crippen molar-refractivity contribution in [2.75, 3.05) is 19.4 Å². The van der Waals surface area contributed by atoms with Crippen molar-refractivity contribution >= 4 is 16.0 Å². The van der Waals surface area contributed by atoms with Gasteiger partial charge < -0.3 is 10.1 Å². The molecule has 2 bridgehead atoms. The molecule has 1 aliphatic heterocycles. The second-order valence-electron chi connectivity index (χ2n) is 5.14. The van der Waals surface area contributed by atoms with Gasteiger partial charge in [-0.3, -0.25) is 4.79 Å². The van der Waals surface area contributed by atoms with Gasteiger partial charge in [0.1, 0.15) is 0 Å². The molecule has 0 amide bonds. The van der Waals surface area contributed by atoms with Crippen molar-refractivity contribution in [1.82, 2.24) is 10.0 Å². The van der Waals surface area contributed by atoms with Gasteiger partial charge in [-0.2, -0.15) is 0 Å². The first-order valence-electron chi connectivity index (χ1n) is 6.28. The Kier molecular flexibility index (Phi) is 4.24. The molecule has 2 rings (SSSR count). The quantitative estimate of drug-likeness (QED) is 0.668. The summed E-state index contributed by atoms with van der Waals surface area (Å²) in [7, 11) is -2.13. The van der Waals surface area contributed by atoms with Gasteiger partial charge in [-0.25, -0.2) is 13.1 Å². The lowest BCUT2D eigenvalue weighted by molar-refractivity contribution is -0.140. The molecule has 0 radical (unpaired) electrons. The lowest BCUT2D eigenvalue weighted by Gasteiger charge is -2.27. The molecule has 2 N–H and O–H groups in total. The van der Waals surface area contributed by atoms with Crippen molar-refractivity contribution in [2.45, 2.75) is 37.8 Å². The van der Waals surface area contributed by atoms with Crippen LogP contribution in [0.3, 0.4) is 0 Å². The van der Waals surface area contributed by atoms with Gasteiger partial charge in [0.15, 0.2) is 0 Å². The van der Waals surface area contributed by atoms with Gasteiger partial charge in [0, 0.05) is 12.1 Å². The summed E-state index contributed by atoms with van der Waals surface area (Å²) < 4.78 is 30.8. The summed E-state index contributed by atoms with van der Waals surface area (Å²) in [5, 5.41) is 3.38. The van der Waals surface area contributed by atoms with Crippen LogP contribution in [0.15, 0.2) is 0 Å². The number of nitrogens with one attached hydrogen (secondary N) is 2. The van der Waals surface area contributed by atoms with Crippen LogP contribution in [-0.2, 0) is 19.6 Å². The summed E-state index contributed by atoms with van der Waals surface area (Å²) in [5.41, 5.74) is 0. The van der Waals surface area contributed by atoms with Crippen molar-refractivity contribution in [3.8, 4) is 0 Å². The maximum atomic E-state index is 11.8. The number of hydrogen-bond acceptors (Lipinski definition) is 5. The Labute approximate surface area is 108 Å². The van der Waals surface area contributed by atoms with E-state index >= 15 is 0 Å². The SMILES string of the molecule is COC(=O)CCS(=O)(=O)NC1CC2CNC(C2)C1. The lowest BCUT2D eigenvalue weighted by atomic mass is 9.87. The zero-order chi connectivity index (χ0) is 13.2. The van der Waals surface area contributed by atoms with E-state index in [1.807, 2.05) is 0 Å². The van der Waals surface area contributed by atoms with Gasteiger partial charge in [-0.05, 0) is 31.7 Å². The molecule has 3 unspecified atom stereocenters. The fourth-order valence-electron chi connectivity index (χ4n) is 2.83. The minimum absolute atomic E-state index is 0.00592. The van der Waals surface area contributed by atoms with Gasteiger partial charge in [-0.15, -0.1) is 0 Å². The van der Waals surface area contributed by atoms with Crippen molar-refractivity contribution in [3.05, 3.63) is 0 Å². The van der Waals surface area contributed by atoms with Crippen molar-refractivity contribution in [1.29, 1.82) is 0 Å². The third-order valence-corrected chi connectivity index (χ3v) is 5.08. The van der Waals surface area contributed by atoms with E-state index in [1.54, 1.807) is 0 Å². The third-order valence-electron chi connectivity index (χ3n) is 3.65.